The Morgan fingerprint density at radius 2 is 2.06 bits per heavy atom. The summed E-state index contributed by atoms with van der Waals surface area (Å²) in [5.74, 6) is 0.825. The van der Waals surface area contributed by atoms with Gasteiger partial charge in [0, 0.05) is 24.8 Å². The minimum Gasteiger partial charge on any atom is -0.374 e. The van der Waals surface area contributed by atoms with Crippen molar-refractivity contribution in [3.05, 3.63) is 28.8 Å². The highest BCUT2D eigenvalue weighted by Crippen LogP contribution is 2.28. The first-order valence-electron chi connectivity index (χ1n) is 6.59. The Hall–Kier alpha value is -1.02. The van der Waals surface area contributed by atoms with E-state index in [9.17, 15) is 4.79 Å². The molecule has 18 heavy (non-hydrogen) atoms. The van der Waals surface area contributed by atoms with Crippen LogP contribution in [0, 0.1) is 5.92 Å². The standard InChI is InChI=1S/C15H20ClNO/c1-11(18)14-8-7-13(9-15(14)16)17(2)10-12-5-3-4-6-12/h7-9,12H,3-6,10H2,1-2H3. The maximum absolute atomic E-state index is 11.3. The van der Waals surface area contributed by atoms with Gasteiger partial charge in [-0.3, -0.25) is 4.79 Å². The zero-order valence-corrected chi connectivity index (χ0v) is 11.8. The molecule has 2 nitrogen and oxygen atoms in total. The first-order valence-corrected chi connectivity index (χ1v) is 6.97. The molecular weight excluding hydrogens is 246 g/mol. The topological polar surface area (TPSA) is 20.3 Å². The smallest absolute Gasteiger partial charge is 0.161 e. The molecule has 0 aliphatic heterocycles. The summed E-state index contributed by atoms with van der Waals surface area (Å²) in [6.07, 6.45) is 5.40. The van der Waals surface area contributed by atoms with E-state index in [1.54, 1.807) is 6.92 Å². The van der Waals surface area contributed by atoms with Crippen molar-refractivity contribution < 1.29 is 4.79 Å². The van der Waals surface area contributed by atoms with Crippen LogP contribution in [0.25, 0.3) is 0 Å². The van der Waals surface area contributed by atoms with Gasteiger partial charge >= 0.3 is 0 Å². The lowest BCUT2D eigenvalue weighted by Gasteiger charge is -2.23. The molecule has 0 aromatic heterocycles. The molecule has 0 radical (unpaired) electrons. The number of carbonyl (C=O) groups is 1. The highest BCUT2D eigenvalue weighted by atomic mass is 35.5. The normalized spacial score (nSPS) is 15.9. The third-order valence-corrected chi connectivity index (χ3v) is 4.09. The molecule has 98 valence electrons. The largest absolute Gasteiger partial charge is 0.374 e. The number of anilines is 1. The van der Waals surface area contributed by atoms with Crippen LogP contribution in [0.3, 0.4) is 0 Å². The number of hydrogen-bond acceptors (Lipinski definition) is 2. The van der Waals surface area contributed by atoms with Crippen LogP contribution in [-0.4, -0.2) is 19.4 Å². The predicted octanol–water partition coefficient (Wildman–Crippen LogP) is 4.17. The van der Waals surface area contributed by atoms with Gasteiger partial charge in [0.05, 0.1) is 5.02 Å². The molecule has 0 atom stereocenters. The number of carbonyl (C=O) groups excluding carboxylic acids is 1. The lowest BCUT2D eigenvalue weighted by atomic mass is 10.1. The minimum atomic E-state index is 0.0185. The van der Waals surface area contributed by atoms with E-state index in [1.807, 2.05) is 18.2 Å². The molecule has 1 aromatic rings. The molecule has 1 aromatic carbocycles. The maximum atomic E-state index is 11.3. The van der Waals surface area contributed by atoms with E-state index in [-0.39, 0.29) is 5.78 Å². The van der Waals surface area contributed by atoms with Crippen molar-refractivity contribution >= 4 is 23.1 Å². The second-order valence-corrected chi connectivity index (χ2v) is 5.66. The Kier molecular flexibility index (Phi) is 4.28. The number of Topliss-reactive ketones (excluding diaryl/α,β-unsaturated/α-hetero) is 1. The molecule has 0 saturated heterocycles. The average molecular weight is 266 g/mol. The van der Waals surface area contributed by atoms with Gasteiger partial charge in [-0.1, -0.05) is 24.4 Å². The highest BCUT2D eigenvalue weighted by molar-refractivity contribution is 6.34. The van der Waals surface area contributed by atoms with E-state index < -0.39 is 0 Å². The molecule has 1 aliphatic carbocycles. The molecule has 3 heteroatoms. The number of hydrogen-bond donors (Lipinski definition) is 0. The number of nitrogens with zero attached hydrogens (tertiary/aromatic N) is 1. The summed E-state index contributed by atoms with van der Waals surface area (Å²) in [7, 11) is 2.09. The van der Waals surface area contributed by atoms with Gasteiger partial charge in [-0.2, -0.15) is 0 Å². The predicted molar refractivity (Wildman–Crippen MR) is 76.7 cm³/mol. The Morgan fingerprint density at radius 1 is 1.39 bits per heavy atom. The quantitative estimate of drug-likeness (QED) is 0.762. The van der Waals surface area contributed by atoms with Gasteiger partial charge in [0.25, 0.3) is 0 Å². The molecule has 1 aliphatic rings. The SMILES string of the molecule is CC(=O)c1ccc(N(C)CC2CCCC2)cc1Cl. The van der Waals surface area contributed by atoms with Crippen molar-refractivity contribution in [3.8, 4) is 0 Å². The molecule has 0 N–H and O–H groups in total. The number of rotatable bonds is 4. The molecule has 0 unspecified atom stereocenters. The second-order valence-electron chi connectivity index (χ2n) is 5.25. The molecular formula is C15H20ClNO. The van der Waals surface area contributed by atoms with Crippen LogP contribution in [0.2, 0.25) is 5.02 Å². The first kappa shape index (κ1) is 13.4. The number of benzene rings is 1. The summed E-state index contributed by atoms with van der Waals surface area (Å²) in [5.41, 5.74) is 1.70. The fourth-order valence-corrected chi connectivity index (χ4v) is 3.02. The van der Waals surface area contributed by atoms with Crippen LogP contribution in [0.15, 0.2) is 18.2 Å². The van der Waals surface area contributed by atoms with Crippen LogP contribution in [0.1, 0.15) is 43.0 Å². The van der Waals surface area contributed by atoms with E-state index in [1.165, 1.54) is 25.7 Å². The minimum absolute atomic E-state index is 0.0185. The summed E-state index contributed by atoms with van der Waals surface area (Å²) < 4.78 is 0. The van der Waals surface area contributed by atoms with Crippen LogP contribution < -0.4 is 4.90 Å². The molecule has 1 saturated carbocycles. The van der Waals surface area contributed by atoms with Gasteiger partial charge in [0.15, 0.2) is 5.78 Å². The lowest BCUT2D eigenvalue weighted by molar-refractivity contribution is 0.101. The molecule has 0 heterocycles. The fraction of sp³-hybridized carbons (Fsp3) is 0.533. The molecule has 0 spiro atoms. The van der Waals surface area contributed by atoms with E-state index in [0.29, 0.717) is 10.6 Å². The van der Waals surface area contributed by atoms with Crippen molar-refractivity contribution in [3.63, 3.8) is 0 Å². The van der Waals surface area contributed by atoms with E-state index in [0.717, 1.165) is 18.2 Å². The number of halogens is 1. The molecule has 2 rings (SSSR count). The Bertz CT molecular complexity index is 438. The third kappa shape index (κ3) is 3.05. The number of ketones is 1. The summed E-state index contributed by atoms with van der Waals surface area (Å²) in [5, 5.41) is 0.554. The highest BCUT2D eigenvalue weighted by Gasteiger charge is 2.17. The zero-order chi connectivity index (χ0) is 13.1. The van der Waals surface area contributed by atoms with Crippen molar-refractivity contribution in [1.29, 1.82) is 0 Å². The Balaban J connectivity index is 2.08. The van der Waals surface area contributed by atoms with Crippen LogP contribution in [0.4, 0.5) is 5.69 Å². The van der Waals surface area contributed by atoms with Gasteiger partial charge < -0.3 is 4.90 Å². The first-order chi connectivity index (χ1) is 8.58. The summed E-state index contributed by atoms with van der Waals surface area (Å²) in [4.78, 5) is 13.6. The van der Waals surface area contributed by atoms with Crippen LogP contribution in [-0.2, 0) is 0 Å². The van der Waals surface area contributed by atoms with E-state index >= 15 is 0 Å². The van der Waals surface area contributed by atoms with Gasteiger partial charge in [0.2, 0.25) is 0 Å². The Labute approximate surface area is 114 Å². The average Bonchev–Trinajstić information content (AvgIpc) is 2.81. The van der Waals surface area contributed by atoms with Gasteiger partial charge in [-0.05, 0) is 43.9 Å². The zero-order valence-electron chi connectivity index (χ0n) is 11.1. The fourth-order valence-electron chi connectivity index (χ4n) is 2.71. The van der Waals surface area contributed by atoms with Gasteiger partial charge in [0.1, 0.15) is 0 Å². The van der Waals surface area contributed by atoms with Gasteiger partial charge in [-0.15, -0.1) is 0 Å². The van der Waals surface area contributed by atoms with E-state index in [4.69, 9.17) is 11.6 Å². The van der Waals surface area contributed by atoms with Crippen molar-refractivity contribution in [2.24, 2.45) is 5.92 Å². The molecule has 0 bridgehead atoms. The Morgan fingerprint density at radius 3 is 2.61 bits per heavy atom. The van der Waals surface area contributed by atoms with Crippen molar-refractivity contribution in [2.75, 3.05) is 18.5 Å². The molecule has 1 fully saturated rings. The second kappa shape index (κ2) is 5.75. The third-order valence-electron chi connectivity index (χ3n) is 3.78. The summed E-state index contributed by atoms with van der Waals surface area (Å²) in [6, 6.07) is 5.70. The van der Waals surface area contributed by atoms with Gasteiger partial charge in [-0.25, -0.2) is 0 Å². The van der Waals surface area contributed by atoms with Crippen LogP contribution in [0.5, 0.6) is 0 Å². The molecule has 0 amide bonds. The summed E-state index contributed by atoms with van der Waals surface area (Å²) >= 11 is 6.14. The van der Waals surface area contributed by atoms with E-state index in [2.05, 4.69) is 11.9 Å². The summed E-state index contributed by atoms with van der Waals surface area (Å²) in [6.45, 7) is 2.62. The van der Waals surface area contributed by atoms with Crippen LogP contribution >= 0.6 is 11.6 Å². The monoisotopic (exact) mass is 265 g/mol. The lowest BCUT2D eigenvalue weighted by Crippen LogP contribution is -2.24. The maximum Gasteiger partial charge on any atom is 0.161 e. The van der Waals surface area contributed by atoms with Crippen molar-refractivity contribution in [2.45, 2.75) is 32.6 Å². The van der Waals surface area contributed by atoms with Crippen molar-refractivity contribution in [1.82, 2.24) is 0 Å².